The number of urea groups is 1. The largest absolute Gasteiger partial charge is 0.393 e. The SMILES string of the molecule is NC(=O)N(C(=O)[CH]Cc1ccc(-c2ccccc2)cc1)[C@H](Cc1ccccc1)C(=O)N1CCC(O)CC1. The molecule has 1 heterocycles. The summed E-state index contributed by atoms with van der Waals surface area (Å²) in [5.41, 5.74) is 9.54. The lowest BCUT2D eigenvalue weighted by atomic mass is 9.99. The lowest BCUT2D eigenvalue weighted by Gasteiger charge is -2.35. The highest BCUT2D eigenvalue weighted by Crippen LogP contribution is 2.21. The Morgan fingerprint density at radius 2 is 1.43 bits per heavy atom. The first-order valence-corrected chi connectivity index (χ1v) is 12.5. The number of nitrogens with zero attached hydrogens (tertiary/aromatic N) is 2. The van der Waals surface area contributed by atoms with Crippen LogP contribution >= 0.6 is 0 Å². The van der Waals surface area contributed by atoms with E-state index in [-0.39, 0.29) is 12.3 Å². The zero-order valence-corrected chi connectivity index (χ0v) is 20.7. The number of nitrogens with two attached hydrogens (primary N) is 1. The number of rotatable bonds is 8. The van der Waals surface area contributed by atoms with Gasteiger partial charge in [-0.25, -0.2) is 4.79 Å². The van der Waals surface area contributed by atoms with E-state index < -0.39 is 24.1 Å². The topological polar surface area (TPSA) is 104 Å². The first kappa shape index (κ1) is 26.1. The average molecular weight is 499 g/mol. The minimum absolute atomic E-state index is 0.160. The van der Waals surface area contributed by atoms with Crippen molar-refractivity contribution in [3.05, 3.63) is 102 Å². The number of hydrogen-bond donors (Lipinski definition) is 2. The molecule has 1 radical (unpaired) electrons. The van der Waals surface area contributed by atoms with E-state index in [0.717, 1.165) is 27.2 Å². The number of primary amides is 1. The van der Waals surface area contributed by atoms with Crippen molar-refractivity contribution in [2.75, 3.05) is 13.1 Å². The van der Waals surface area contributed by atoms with Gasteiger partial charge in [0.1, 0.15) is 6.04 Å². The Balaban J connectivity index is 1.49. The Hall–Kier alpha value is -3.97. The summed E-state index contributed by atoms with van der Waals surface area (Å²) in [6.45, 7) is 0.729. The number of piperidine rings is 1. The fraction of sp³-hybridized carbons (Fsp3) is 0.267. The molecule has 0 aliphatic carbocycles. The van der Waals surface area contributed by atoms with E-state index in [1.165, 1.54) is 6.42 Å². The van der Waals surface area contributed by atoms with Gasteiger partial charge < -0.3 is 15.7 Å². The van der Waals surface area contributed by atoms with E-state index in [1.54, 1.807) is 4.90 Å². The number of carbonyl (C=O) groups excluding carboxylic acids is 3. The van der Waals surface area contributed by atoms with Crippen molar-refractivity contribution in [3.63, 3.8) is 0 Å². The minimum Gasteiger partial charge on any atom is -0.393 e. The van der Waals surface area contributed by atoms with Crippen LogP contribution in [0.5, 0.6) is 0 Å². The molecular weight excluding hydrogens is 466 g/mol. The number of benzene rings is 3. The van der Waals surface area contributed by atoms with Crippen LogP contribution in [0.2, 0.25) is 0 Å². The predicted molar refractivity (Wildman–Crippen MR) is 142 cm³/mol. The molecule has 37 heavy (non-hydrogen) atoms. The van der Waals surface area contributed by atoms with Gasteiger partial charge in [-0.3, -0.25) is 14.5 Å². The normalized spacial score (nSPS) is 14.7. The minimum atomic E-state index is -1.07. The van der Waals surface area contributed by atoms with Crippen molar-refractivity contribution in [2.45, 2.75) is 37.8 Å². The van der Waals surface area contributed by atoms with Gasteiger partial charge >= 0.3 is 6.03 Å². The summed E-state index contributed by atoms with van der Waals surface area (Å²) in [6, 6.07) is 25.0. The monoisotopic (exact) mass is 498 g/mol. The molecule has 3 N–H and O–H groups in total. The van der Waals surface area contributed by atoms with Crippen molar-refractivity contribution in [1.82, 2.24) is 9.80 Å². The van der Waals surface area contributed by atoms with Crippen LogP contribution in [0.1, 0.15) is 24.0 Å². The molecule has 1 fully saturated rings. The van der Waals surface area contributed by atoms with E-state index in [2.05, 4.69) is 0 Å². The average Bonchev–Trinajstić information content (AvgIpc) is 2.93. The maximum Gasteiger partial charge on any atom is 0.322 e. The van der Waals surface area contributed by atoms with Crippen LogP contribution in [0, 0.1) is 6.42 Å². The molecule has 1 aliphatic heterocycles. The molecule has 3 aromatic rings. The van der Waals surface area contributed by atoms with Gasteiger partial charge in [-0.1, -0.05) is 84.9 Å². The van der Waals surface area contributed by atoms with Crippen LogP contribution in [-0.4, -0.2) is 58.0 Å². The molecule has 0 unspecified atom stereocenters. The number of imide groups is 1. The van der Waals surface area contributed by atoms with E-state index >= 15 is 0 Å². The van der Waals surface area contributed by atoms with Crippen LogP contribution < -0.4 is 5.73 Å². The Kier molecular flexibility index (Phi) is 8.69. The highest BCUT2D eigenvalue weighted by molar-refractivity contribution is 6.02. The van der Waals surface area contributed by atoms with Gasteiger partial charge in [0, 0.05) is 19.5 Å². The number of amides is 4. The lowest BCUT2D eigenvalue weighted by molar-refractivity contribution is -0.143. The zero-order chi connectivity index (χ0) is 26.2. The number of hydrogen-bond acceptors (Lipinski definition) is 4. The molecule has 4 rings (SSSR count). The summed E-state index contributed by atoms with van der Waals surface area (Å²) in [5.74, 6) is -0.950. The van der Waals surface area contributed by atoms with Crippen molar-refractivity contribution in [2.24, 2.45) is 5.73 Å². The van der Waals surface area contributed by atoms with E-state index in [0.29, 0.717) is 32.4 Å². The second kappa shape index (κ2) is 12.3. The second-order valence-electron chi connectivity index (χ2n) is 9.28. The molecule has 0 aromatic heterocycles. The van der Waals surface area contributed by atoms with Crippen LogP contribution in [0.4, 0.5) is 4.79 Å². The highest BCUT2D eigenvalue weighted by atomic mass is 16.3. The Morgan fingerprint density at radius 1 is 0.865 bits per heavy atom. The van der Waals surface area contributed by atoms with E-state index in [9.17, 15) is 19.5 Å². The molecule has 0 saturated carbocycles. The first-order valence-electron chi connectivity index (χ1n) is 12.5. The first-order chi connectivity index (χ1) is 17.9. The van der Waals surface area contributed by atoms with Crippen molar-refractivity contribution >= 4 is 17.8 Å². The third-order valence-electron chi connectivity index (χ3n) is 6.69. The third kappa shape index (κ3) is 6.83. The number of likely N-dealkylation sites (tertiary alicyclic amines) is 1. The third-order valence-corrected chi connectivity index (χ3v) is 6.69. The van der Waals surface area contributed by atoms with Gasteiger partial charge in [0.05, 0.1) is 12.5 Å². The predicted octanol–water partition coefficient (Wildman–Crippen LogP) is 3.60. The molecule has 1 saturated heterocycles. The highest BCUT2D eigenvalue weighted by Gasteiger charge is 2.37. The number of aliphatic hydroxyl groups is 1. The van der Waals surface area contributed by atoms with E-state index in [1.807, 2.05) is 84.9 Å². The summed E-state index contributed by atoms with van der Waals surface area (Å²) >= 11 is 0. The fourth-order valence-electron chi connectivity index (χ4n) is 4.61. The molecule has 191 valence electrons. The smallest absolute Gasteiger partial charge is 0.322 e. The van der Waals surface area contributed by atoms with Gasteiger partial charge in [0.15, 0.2) is 0 Å². The molecule has 0 bridgehead atoms. The van der Waals surface area contributed by atoms with Crippen molar-refractivity contribution in [3.8, 4) is 11.1 Å². The van der Waals surface area contributed by atoms with Crippen molar-refractivity contribution < 1.29 is 19.5 Å². The molecular formula is C30H32N3O4. The van der Waals surface area contributed by atoms with Crippen molar-refractivity contribution in [1.29, 1.82) is 0 Å². The van der Waals surface area contributed by atoms with Gasteiger partial charge in [-0.05, 0) is 41.5 Å². The molecule has 7 nitrogen and oxygen atoms in total. The Bertz CT molecular complexity index is 1190. The summed E-state index contributed by atoms with van der Waals surface area (Å²) in [7, 11) is 0. The standard InChI is InChI=1S/C30H32N3O4/c31-30(37)33(28(35)16-13-22-11-14-25(15-12-22)24-9-5-2-6-10-24)27(21-23-7-3-1-4-8-23)29(36)32-19-17-26(34)18-20-32/h1-12,14-16,26-27,34H,13,17-21H2,(H2,31,37)/t27-/m1/s1. The molecule has 4 amide bonds. The summed E-state index contributed by atoms with van der Waals surface area (Å²) in [6.07, 6.45) is 2.31. The van der Waals surface area contributed by atoms with Crippen LogP contribution in [0.15, 0.2) is 84.9 Å². The zero-order valence-electron chi connectivity index (χ0n) is 20.7. The van der Waals surface area contributed by atoms with Crippen LogP contribution in [-0.2, 0) is 22.4 Å². The van der Waals surface area contributed by atoms with Crippen LogP contribution in [0.3, 0.4) is 0 Å². The number of carbonyl (C=O) groups is 3. The molecule has 0 spiro atoms. The molecule has 7 heteroatoms. The molecule has 1 aliphatic rings. The van der Waals surface area contributed by atoms with Crippen LogP contribution in [0.25, 0.3) is 11.1 Å². The lowest BCUT2D eigenvalue weighted by Crippen LogP contribution is -2.57. The fourth-order valence-corrected chi connectivity index (χ4v) is 4.61. The summed E-state index contributed by atoms with van der Waals surface area (Å²) in [4.78, 5) is 41.8. The molecule has 3 aromatic carbocycles. The van der Waals surface area contributed by atoms with Gasteiger partial charge in [0.2, 0.25) is 11.8 Å². The molecule has 1 atom stereocenters. The summed E-state index contributed by atoms with van der Waals surface area (Å²) in [5, 5.41) is 9.85. The Morgan fingerprint density at radius 3 is 2.03 bits per heavy atom. The maximum absolute atomic E-state index is 13.5. The quantitative estimate of drug-likeness (QED) is 0.495. The van der Waals surface area contributed by atoms with Gasteiger partial charge in [0.25, 0.3) is 0 Å². The van der Waals surface area contributed by atoms with Gasteiger partial charge in [-0.15, -0.1) is 0 Å². The summed E-state index contributed by atoms with van der Waals surface area (Å²) < 4.78 is 0. The second-order valence-corrected chi connectivity index (χ2v) is 9.28. The Labute approximate surface area is 217 Å². The van der Waals surface area contributed by atoms with Gasteiger partial charge in [-0.2, -0.15) is 0 Å². The number of aliphatic hydroxyl groups excluding tert-OH is 1. The maximum atomic E-state index is 13.5. The van der Waals surface area contributed by atoms with E-state index in [4.69, 9.17) is 5.73 Å².